The van der Waals surface area contributed by atoms with Gasteiger partial charge >= 0.3 is 0 Å². The fourth-order valence-corrected chi connectivity index (χ4v) is 3.88. The van der Waals surface area contributed by atoms with Crippen LogP contribution in [0.2, 0.25) is 0 Å². The zero-order valence-corrected chi connectivity index (χ0v) is 15.9. The fourth-order valence-electron chi connectivity index (χ4n) is 3.88. The molecule has 9 nitrogen and oxygen atoms in total. The molecule has 0 radical (unpaired) electrons. The molecule has 29 heavy (non-hydrogen) atoms. The maximum atomic E-state index is 10.2. The summed E-state index contributed by atoms with van der Waals surface area (Å²) in [6.07, 6.45) is 11.5. The molecule has 4 aromatic rings. The number of rotatable bonds is 4. The van der Waals surface area contributed by atoms with E-state index < -0.39 is 12.6 Å². The molecule has 0 unspecified atom stereocenters. The van der Waals surface area contributed by atoms with E-state index in [1.54, 1.807) is 33.7 Å². The highest BCUT2D eigenvalue weighted by Crippen LogP contribution is 2.32. The van der Waals surface area contributed by atoms with Gasteiger partial charge in [-0.2, -0.15) is 4.98 Å². The van der Waals surface area contributed by atoms with Crippen molar-refractivity contribution in [2.45, 2.75) is 44.2 Å². The van der Waals surface area contributed by atoms with Gasteiger partial charge in [0.1, 0.15) is 5.52 Å². The molecule has 2 N–H and O–H groups in total. The molecule has 1 aliphatic rings. The van der Waals surface area contributed by atoms with Crippen LogP contribution in [0.25, 0.3) is 22.4 Å². The summed E-state index contributed by atoms with van der Waals surface area (Å²) in [5.41, 5.74) is 1.21. The lowest BCUT2D eigenvalue weighted by Gasteiger charge is -2.33. The molecule has 4 heterocycles. The van der Waals surface area contributed by atoms with Crippen LogP contribution in [0.3, 0.4) is 0 Å². The molecule has 1 fully saturated rings. The molecule has 150 valence electrons. The monoisotopic (exact) mass is 396 g/mol. The van der Waals surface area contributed by atoms with Crippen molar-refractivity contribution in [3.8, 4) is 17.0 Å². The van der Waals surface area contributed by atoms with Gasteiger partial charge in [0.05, 0.1) is 16.8 Å². The van der Waals surface area contributed by atoms with Crippen molar-refractivity contribution in [2.24, 2.45) is 0 Å². The van der Waals surface area contributed by atoms with E-state index in [1.165, 1.54) is 0 Å². The van der Waals surface area contributed by atoms with Crippen LogP contribution >= 0.6 is 0 Å². The van der Waals surface area contributed by atoms with Gasteiger partial charge in [0.15, 0.2) is 0 Å². The summed E-state index contributed by atoms with van der Waals surface area (Å²) in [4.78, 5) is 12.9. The summed E-state index contributed by atoms with van der Waals surface area (Å²) in [6, 6.07) is 1.90. The summed E-state index contributed by atoms with van der Waals surface area (Å²) < 4.78 is 31.4. The van der Waals surface area contributed by atoms with Crippen LogP contribution in [0.15, 0.2) is 37.1 Å². The highest BCUT2D eigenvalue weighted by molar-refractivity contribution is 5.84. The minimum absolute atomic E-state index is 0.0453. The van der Waals surface area contributed by atoms with Gasteiger partial charge in [-0.15, -0.1) is 5.10 Å². The van der Waals surface area contributed by atoms with Crippen LogP contribution < -0.4 is 10.1 Å². The molecule has 0 amide bonds. The summed E-state index contributed by atoms with van der Waals surface area (Å²) in [5, 5.41) is 18.0. The predicted molar refractivity (Wildman–Crippen MR) is 108 cm³/mol. The number of anilines is 1. The van der Waals surface area contributed by atoms with Crippen molar-refractivity contribution in [1.29, 1.82) is 0 Å². The third-order valence-corrected chi connectivity index (χ3v) is 5.53. The first-order chi connectivity index (χ1) is 15.2. The average molecular weight is 396 g/mol. The van der Waals surface area contributed by atoms with E-state index in [2.05, 4.69) is 25.4 Å². The highest BCUT2D eigenvalue weighted by atomic mass is 16.5. The third-order valence-electron chi connectivity index (χ3n) is 5.53. The van der Waals surface area contributed by atoms with Crippen LogP contribution in [0, 0.1) is 0 Å². The Balaban J connectivity index is 1.54. The Morgan fingerprint density at radius 2 is 2.17 bits per heavy atom. The Kier molecular flexibility index (Phi) is 3.41. The normalized spacial score (nSPS) is 24.2. The summed E-state index contributed by atoms with van der Waals surface area (Å²) >= 11 is 0. The van der Waals surface area contributed by atoms with Crippen molar-refractivity contribution in [2.75, 3.05) is 12.4 Å². The Bertz CT molecular complexity index is 1270. The van der Waals surface area contributed by atoms with Gasteiger partial charge in [0.25, 0.3) is 0 Å². The van der Waals surface area contributed by atoms with Crippen LogP contribution in [-0.4, -0.2) is 52.8 Å². The maximum Gasteiger partial charge on any atom is 0.244 e. The molecule has 9 heteroatoms. The smallest absolute Gasteiger partial charge is 0.244 e. The number of ether oxygens (including phenoxy) is 1. The molecular formula is C20H23N7O2. The van der Waals surface area contributed by atoms with Gasteiger partial charge in [0, 0.05) is 48.2 Å². The standard InChI is InChI=1S/C20H23N7O2/c1-20(28)6-3-14(4-7-20)23-18-24-17(29-2)16-15(5-9-27(16)25-18)13-11-22-19-21-8-10-26(19)12-13/h5,8-12,14,28H,3-4,6-7H2,1-2H3,(H,23,25)/i2D3. The molecule has 0 atom stereocenters. The van der Waals surface area contributed by atoms with E-state index >= 15 is 0 Å². The third kappa shape index (κ3) is 3.27. The van der Waals surface area contributed by atoms with Crippen molar-refractivity contribution in [1.82, 2.24) is 29.0 Å². The van der Waals surface area contributed by atoms with Crippen molar-refractivity contribution in [3.63, 3.8) is 0 Å². The molecule has 1 aliphatic carbocycles. The summed E-state index contributed by atoms with van der Waals surface area (Å²) in [5.74, 6) is 0.787. The Morgan fingerprint density at radius 3 is 3.00 bits per heavy atom. The topological polar surface area (TPSA) is 102 Å². The van der Waals surface area contributed by atoms with Gasteiger partial charge < -0.3 is 15.2 Å². The Hall–Kier alpha value is -3.20. The van der Waals surface area contributed by atoms with E-state index in [4.69, 9.17) is 8.85 Å². The summed E-state index contributed by atoms with van der Waals surface area (Å²) in [6.45, 7) is 1.84. The Morgan fingerprint density at radius 1 is 1.31 bits per heavy atom. The highest BCUT2D eigenvalue weighted by Gasteiger charge is 2.29. The van der Waals surface area contributed by atoms with E-state index in [-0.39, 0.29) is 17.9 Å². The van der Waals surface area contributed by atoms with Crippen molar-refractivity contribution < 1.29 is 14.0 Å². The van der Waals surface area contributed by atoms with E-state index in [1.807, 2.05) is 19.2 Å². The second-order valence-corrected chi connectivity index (χ2v) is 7.76. The number of aromatic nitrogens is 6. The second-order valence-electron chi connectivity index (χ2n) is 7.76. The van der Waals surface area contributed by atoms with E-state index in [9.17, 15) is 5.11 Å². The number of fused-ring (bicyclic) bond motifs is 2. The number of imidazole rings is 1. The van der Waals surface area contributed by atoms with Gasteiger partial charge in [0.2, 0.25) is 17.6 Å². The van der Waals surface area contributed by atoms with Gasteiger partial charge in [-0.05, 0) is 38.7 Å². The van der Waals surface area contributed by atoms with Crippen LogP contribution in [0.1, 0.15) is 36.7 Å². The zero-order valence-electron chi connectivity index (χ0n) is 18.9. The average Bonchev–Trinajstić information content (AvgIpc) is 3.34. The van der Waals surface area contributed by atoms with Gasteiger partial charge in [-0.3, -0.25) is 4.40 Å². The molecule has 0 bridgehead atoms. The first kappa shape index (κ1) is 14.7. The molecule has 4 aromatic heterocycles. The van der Waals surface area contributed by atoms with E-state index in [0.29, 0.717) is 29.7 Å². The van der Waals surface area contributed by atoms with Gasteiger partial charge in [-0.25, -0.2) is 14.5 Å². The number of methoxy groups -OCH3 is 1. The lowest BCUT2D eigenvalue weighted by Crippen LogP contribution is -2.36. The van der Waals surface area contributed by atoms with Crippen LogP contribution in [0.5, 0.6) is 5.88 Å². The molecule has 5 rings (SSSR count). The van der Waals surface area contributed by atoms with Crippen molar-refractivity contribution >= 4 is 17.2 Å². The quantitative estimate of drug-likeness (QED) is 0.546. The predicted octanol–water partition coefficient (Wildman–Crippen LogP) is 2.55. The fraction of sp³-hybridized carbons (Fsp3) is 0.400. The lowest BCUT2D eigenvalue weighted by atomic mass is 9.84. The summed E-state index contributed by atoms with van der Waals surface area (Å²) in [7, 11) is -2.68. The van der Waals surface area contributed by atoms with Crippen LogP contribution in [0.4, 0.5) is 5.95 Å². The Labute approximate surface area is 171 Å². The van der Waals surface area contributed by atoms with Gasteiger partial charge in [-0.1, -0.05) is 0 Å². The molecule has 0 aromatic carbocycles. The number of nitrogens with one attached hydrogen (secondary N) is 1. The number of nitrogens with zero attached hydrogens (tertiary/aromatic N) is 6. The molecule has 0 spiro atoms. The first-order valence-electron chi connectivity index (χ1n) is 11.0. The first-order valence-corrected chi connectivity index (χ1v) is 9.53. The van der Waals surface area contributed by atoms with Crippen molar-refractivity contribution in [3.05, 3.63) is 37.1 Å². The largest absolute Gasteiger partial charge is 0.479 e. The molecule has 1 saturated carbocycles. The van der Waals surface area contributed by atoms with Crippen LogP contribution in [-0.2, 0) is 0 Å². The molecular weight excluding hydrogens is 370 g/mol. The zero-order chi connectivity index (χ0) is 22.5. The van der Waals surface area contributed by atoms with E-state index in [0.717, 1.165) is 18.4 Å². The second kappa shape index (κ2) is 6.70. The molecule has 0 saturated heterocycles. The SMILES string of the molecule is [2H]C([2H])([2H])Oc1nc(NC2CCC(C)(O)CC2)nn2ccc(-c3cnc4nccn4c3)c12. The number of hydrogen-bond donors (Lipinski definition) is 2. The number of hydrogen-bond acceptors (Lipinski definition) is 7. The minimum Gasteiger partial charge on any atom is -0.479 e. The molecule has 0 aliphatic heterocycles. The maximum absolute atomic E-state index is 10.2. The minimum atomic E-state index is -2.68. The number of aliphatic hydroxyl groups is 1. The lowest BCUT2D eigenvalue weighted by molar-refractivity contribution is 0.0195.